The third-order valence-corrected chi connectivity index (χ3v) is 2.72. The van der Waals surface area contributed by atoms with E-state index in [2.05, 4.69) is 5.16 Å². The average molecular weight is 232 g/mol. The molecular weight excluding hydrogens is 220 g/mol. The molecule has 1 aromatic carbocycles. The predicted molar refractivity (Wildman–Crippen MR) is 62.8 cm³/mol. The van der Waals surface area contributed by atoms with Gasteiger partial charge in [-0.05, 0) is 37.1 Å². The second kappa shape index (κ2) is 3.93. The molecule has 0 saturated heterocycles. The molecule has 5 heteroatoms. The highest BCUT2D eigenvalue weighted by molar-refractivity contribution is 5.85. The van der Waals surface area contributed by atoms with Crippen LogP contribution < -0.4 is 5.73 Å². The first-order valence-electron chi connectivity index (χ1n) is 5.06. The molecule has 0 amide bonds. The van der Waals surface area contributed by atoms with E-state index in [-0.39, 0.29) is 5.76 Å². The van der Waals surface area contributed by atoms with Gasteiger partial charge < -0.3 is 15.4 Å². The van der Waals surface area contributed by atoms with Gasteiger partial charge in [-0.2, -0.15) is 0 Å². The second-order valence-corrected chi connectivity index (χ2v) is 3.89. The van der Waals surface area contributed by atoms with E-state index in [4.69, 9.17) is 15.4 Å². The van der Waals surface area contributed by atoms with E-state index in [9.17, 15) is 4.79 Å². The van der Waals surface area contributed by atoms with Crippen molar-refractivity contribution in [2.45, 2.75) is 13.8 Å². The summed E-state index contributed by atoms with van der Waals surface area (Å²) in [5, 5.41) is 12.4. The largest absolute Gasteiger partial charge is 0.475 e. The molecule has 17 heavy (non-hydrogen) atoms. The summed E-state index contributed by atoms with van der Waals surface area (Å²) in [6.45, 7) is 3.87. The molecule has 3 N–H and O–H groups in total. The molecule has 0 aliphatic heterocycles. The molecule has 5 nitrogen and oxygen atoms in total. The molecule has 0 radical (unpaired) electrons. The number of nitrogen functional groups attached to an aromatic ring is 1. The summed E-state index contributed by atoms with van der Waals surface area (Å²) in [5.41, 5.74) is 9.76. The summed E-state index contributed by atoms with van der Waals surface area (Å²) >= 11 is 0. The summed E-state index contributed by atoms with van der Waals surface area (Å²) in [5.74, 6) is -1.32. The Morgan fingerprint density at radius 2 is 2.06 bits per heavy atom. The molecule has 1 heterocycles. The van der Waals surface area contributed by atoms with Gasteiger partial charge in [-0.3, -0.25) is 0 Å². The summed E-state index contributed by atoms with van der Waals surface area (Å²) in [6.07, 6.45) is 0. The van der Waals surface area contributed by atoms with Crippen molar-refractivity contribution in [3.8, 4) is 11.3 Å². The number of nitrogens with zero attached hydrogens (tertiary/aromatic N) is 1. The number of nitrogens with two attached hydrogens (primary N) is 1. The Morgan fingerprint density at radius 3 is 2.59 bits per heavy atom. The van der Waals surface area contributed by atoms with Crippen molar-refractivity contribution in [2.75, 3.05) is 5.73 Å². The standard InChI is InChI=1S/C12H12N2O3/c1-6-3-8(4-9(13)7(6)2)10-5-11(12(15)16)17-14-10/h3-5H,13H2,1-2H3,(H,15,16). The zero-order valence-electron chi connectivity index (χ0n) is 9.52. The predicted octanol–water partition coefficient (Wildman–Crippen LogP) is 2.24. The van der Waals surface area contributed by atoms with Gasteiger partial charge in [0.2, 0.25) is 5.76 Å². The van der Waals surface area contributed by atoms with Crippen LogP contribution in [0.3, 0.4) is 0 Å². The third-order valence-electron chi connectivity index (χ3n) is 2.72. The number of rotatable bonds is 2. The van der Waals surface area contributed by atoms with Crippen molar-refractivity contribution in [2.24, 2.45) is 0 Å². The van der Waals surface area contributed by atoms with Crippen LogP contribution in [0.25, 0.3) is 11.3 Å². The van der Waals surface area contributed by atoms with E-state index < -0.39 is 5.97 Å². The Kier molecular flexibility index (Phi) is 2.59. The number of carboxylic acid groups (broad SMARTS) is 1. The maximum atomic E-state index is 10.7. The highest BCUT2D eigenvalue weighted by Gasteiger charge is 2.13. The molecule has 0 bridgehead atoms. The average Bonchev–Trinajstić information content (AvgIpc) is 2.74. The quantitative estimate of drug-likeness (QED) is 0.775. The highest BCUT2D eigenvalue weighted by atomic mass is 16.5. The topological polar surface area (TPSA) is 89.3 Å². The Hall–Kier alpha value is -2.30. The molecule has 0 aliphatic rings. The molecule has 0 unspecified atom stereocenters. The zero-order valence-corrected chi connectivity index (χ0v) is 9.52. The van der Waals surface area contributed by atoms with Gasteiger partial charge in [-0.25, -0.2) is 4.79 Å². The van der Waals surface area contributed by atoms with Crippen LogP contribution in [0, 0.1) is 13.8 Å². The van der Waals surface area contributed by atoms with Crippen molar-refractivity contribution in [1.82, 2.24) is 5.16 Å². The van der Waals surface area contributed by atoms with Crippen LogP contribution in [0.1, 0.15) is 21.7 Å². The Labute approximate surface area is 97.8 Å². The van der Waals surface area contributed by atoms with E-state index in [0.29, 0.717) is 11.4 Å². The number of aromatic nitrogens is 1. The minimum Gasteiger partial charge on any atom is -0.475 e. The lowest BCUT2D eigenvalue weighted by atomic mass is 10.0. The van der Waals surface area contributed by atoms with Crippen molar-refractivity contribution >= 4 is 11.7 Å². The van der Waals surface area contributed by atoms with Gasteiger partial charge >= 0.3 is 5.97 Å². The molecule has 0 spiro atoms. The lowest BCUT2D eigenvalue weighted by Gasteiger charge is -2.06. The molecule has 0 saturated carbocycles. The van der Waals surface area contributed by atoms with E-state index in [0.717, 1.165) is 16.7 Å². The van der Waals surface area contributed by atoms with Gasteiger partial charge in [0.1, 0.15) is 5.69 Å². The van der Waals surface area contributed by atoms with Crippen molar-refractivity contribution in [3.05, 3.63) is 35.1 Å². The van der Waals surface area contributed by atoms with Crippen molar-refractivity contribution < 1.29 is 14.4 Å². The minimum atomic E-state index is -1.14. The maximum absolute atomic E-state index is 10.7. The number of aromatic carboxylic acids is 1. The Bertz CT molecular complexity index is 564. The minimum absolute atomic E-state index is 0.184. The molecular formula is C12H12N2O3. The maximum Gasteiger partial charge on any atom is 0.374 e. The van der Waals surface area contributed by atoms with Gasteiger partial charge in [-0.15, -0.1) is 0 Å². The summed E-state index contributed by atoms with van der Waals surface area (Å²) < 4.78 is 4.70. The monoisotopic (exact) mass is 232 g/mol. The zero-order chi connectivity index (χ0) is 12.6. The summed E-state index contributed by atoms with van der Waals surface area (Å²) in [6, 6.07) is 5.03. The van der Waals surface area contributed by atoms with Crippen LogP contribution in [0.4, 0.5) is 5.69 Å². The molecule has 88 valence electrons. The summed E-state index contributed by atoms with van der Waals surface area (Å²) in [7, 11) is 0. The number of anilines is 1. The fourth-order valence-corrected chi connectivity index (χ4v) is 1.55. The third kappa shape index (κ3) is 1.99. The number of hydrogen-bond acceptors (Lipinski definition) is 4. The van der Waals surface area contributed by atoms with Crippen LogP contribution in [-0.2, 0) is 0 Å². The van der Waals surface area contributed by atoms with E-state index >= 15 is 0 Å². The SMILES string of the molecule is Cc1cc(-c2cc(C(=O)O)on2)cc(N)c1C. The van der Waals surface area contributed by atoms with Crippen LogP contribution in [0.15, 0.2) is 22.7 Å². The van der Waals surface area contributed by atoms with Crippen molar-refractivity contribution in [3.63, 3.8) is 0 Å². The van der Waals surface area contributed by atoms with Gasteiger partial charge in [0, 0.05) is 17.3 Å². The van der Waals surface area contributed by atoms with Gasteiger partial charge in [-0.1, -0.05) is 5.16 Å². The molecule has 0 aliphatic carbocycles. The molecule has 0 fully saturated rings. The first-order chi connectivity index (χ1) is 7.99. The van der Waals surface area contributed by atoms with Crippen LogP contribution in [-0.4, -0.2) is 16.2 Å². The first kappa shape index (κ1) is 11.2. The number of carbonyl (C=O) groups is 1. The van der Waals surface area contributed by atoms with Crippen LogP contribution >= 0.6 is 0 Å². The number of benzene rings is 1. The Balaban J connectivity index is 2.49. The van der Waals surface area contributed by atoms with Crippen LogP contribution in [0.2, 0.25) is 0 Å². The van der Waals surface area contributed by atoms with Gasteiger partial charge in [0.25, 0.3) is 0 Å². The fraction of sp³-hybridized carbons (Fsp3) is 0.167. The molecule has 0 atom stereocenters. The van der Waals surface area contributed by atoms with E-state index in [1.165, 1.54) is 6.07 Å². The number of carboxylic acids is 1. The number of hydrogen-bond donors (Lipinski definition) is 2. The lowest BCUT2D eigenvalue weighted by molar-refractivity contribution is 0.0652. The second-order valence-electron chi connectivity index (χ2n) is 3.89. The van der Waals surface area contributed by atoms with E-state index in [1.807, 2.05) is 19.9 Å². The molecule has 2 rings (SSSR count). The van der Waals surface area contributed by atoms with E-state index in [1.54, 1.807) is 6.07 Å². The lowest BCUT2D eigenvalue weighted by Crippen LogP contribution is -1.94. The fourth-order valence-electron chi connectivity index (χ4n) is 1.55. The normalized spacial score (nSPS) is 10.5. The highest BCUT2D eigenvalue weighted by Crippen LogP contribution is 2.26. The van der Waals surface area contributed by atoms with Crippen molar-refractivity contribution in [1.29, 1.82) is 0 Å². The first-order valence-corrected chi connectivity index (χ1v) is 5.06. The molecule has 2 aromatic rings. The van der Waals surface area contributed by atoms with Gasteiger partial charge in [0.05, 0.1) is 0 Å². The summed E-state index contributed by atoms with van der Waals surface area (Å²) in [4.78, 5) is 10.7. The Morgan fingerprint density at radius 1 is 1.35 bits per heavy atom. The number of aryl methyl sites for hydroxylation is 1. The molecule has 1 aromatic heterocycles. The van der Waals surface area contributed by atoms with Crippen LogP contribution in [0.5, 0.6) is 0 Å². The van der Waals surface area contributed by atoms with Gasteiger partial charge in [0.15, 0.2) is 0 Å². The smallest absolute Gasteiger partial charge is 0.374 e.